The zero-order valence-electron chi connectivity index (χ0n) is 35.0. The van der Waals surface area contributed by atoms with E-state index in [2.05, 4.69) is 135 Å². The van der Waals surface area contributed by atoms with Gasteiger partial charge in [-0.15, -0.1) is 0 Å². The first kappa shape index (κ1) is 36.1. The van der Waals surface area contributed by atoms with Crippen LogP contribution in [-0.2, 0) is 10.8 Å². The van der Waals surface area contributed by atoms with Crippen molar-refractivity contribution in [3.05, 3.63) is 156 Å². The van der Waals surface area contributed by atoms with Gasteiger partial charge in [0, 0.05) is 33.6 Å². The van der Waals surface area contributed by atoms with Gasteiger partial charge in [-0.2, -0.15) is 0 Å². The van der Waals surface area contributed by atoms with E-state index in [4.69, 9.17) is 0 Å². The monoisotopic (exact) mass is 788 g/mol. The topological polar surface area (TPSA) is 6.48 Å². The van der Waals surface area contributed by atoms with E-state index < -0.39 is 0 Å². The first-order valence-electron chi connectivity index (χ1n) is 22.1. The number of hydrogen-bond acceptors (Lipinski definition) is 2. The number of anilines is 4. The van der Waals surface area contributed by atoms with E-state index in [1.54, 1.807) is 24.3 Å². The summed E-state index contributed by atoms with van der Waals surface area (Å²) in [6.45, 7) is 9.69. The Labute approximate surface area is 351 Å². The smallest absolute Gasteiger partial charge is 0.125 e. The van der Waals surface area contributed by atoms with Crippen LogP contribution < -0.4 is 9.80 Å². The van der Waals surface area contributed by atoms with Crippen LogP contribution in [0.4, 0.5) is 31.5 Å². The van der Waals surface area contributed by atoms with Gasteiger partial charge in [0.2, 0.25) is 0 Å². The van der Waals surface area contributed by atoms with Crippen LogP contribution in [0.5, 0.6) is 0 Å². The van der Waals surface area contributed by atoms with Crippen molar-refractivity contribution in [3.63, 3.8) is 0 Å². The maximum absolute atomic E-state index is 14.7. The Kier molecular flexibility index (Phi) is 7.48. The molecule has 2 nitrogen and oxygen atoms in total. The Morgan fingerprint density at radius 2 is 0.783 bits per heavy atom. The lowest BCUT2D eigenvalue weighted by Gasteiger charge is -2.50. The largest absolute Gasteiger partial charge is 0.334 e. The highest BCUT2D eigenvalue weighted by Gasteiger charge is 2.59. The normalized spacial score (nSPS) is 25.8. The summed E-state index contributed by atoms with van der Waals surface area (Å²) < 4.78 is 29.3. The molecule has 2 aliphatic heterocycles. The van der Waals surface area contributed by atoms with Crippen LogP contribution in [0.1, 0.15) is 90.2 Å². The molecular weight excluding hydrogens is 739 g/mol. The van der Waals surface area contributed by atoms with Crippen LogP contribution in [0.2, 0.25) is 0 Å². The standard InChI is InChI=1S/C56H50F2N2/c1-53-23-5-7-25-55(53,3)59(45-13-9-11-43(57)33-45)49-21-19-35(31-47(49)53)41-27-37-15-17-39-29-42(30-40-18-16-38(28-41)51(37)52(39)40)36-20-22-50-48(32-36)54(2)24-6-8-26-56(54,4)60(50)46-14-10-12-44(58)34-46/h9-22,27-34H,5-8,23-26H2,1-4H3. The Hall–Kier alpha value is -5.74. The molecule has 2 saturated carbocycles. The molecule has 4 heteroatoms. The molecule has 4 atom stereocenters. The highest BCUT2D eigenvalue weighted by atomic mass is 19.1. The average Bonchev–Trinajstić information content (AvgIpc) is 3.59. The summed E-state index contributed by atoms with van der Waals surface area (Å²) >= 11 is 0. The number of hydrogen-bond donors (Lipinski definition) is 0. The predicted molar refractivity (Wildman–Crippen MR) is 247 cm³/mol. The first-order valence-corrected chi connectivity index (χ1v) is 22.1. The van der Waals surface area contributed by atoms with Crippen molar-refractivity contribution < 1.29 is 8.78 Å². The number of nitrogens with zero attached hydrogens (tertiary/aromatic N) is 2. The molecule has 0 saturated heterocycles. The van der Waals surface area contributed by atoms with Crippen LogP contribution in [0, 0.1) is 11.6 Å². The number of benzene rings is 8. The number of rotatable bonds is 4. The van der Waals surface area contributed by atoms with Crippen molar-refractivity contribution in [2.45, 2.75) is 101 Å². The van der Waals surface area contributed by atoms with Gasteiger partial charge in [-0.1, -0.05) is 88.1 Å². The molecule has 2 fully saturated rings. The van der Waals surface area contributed by atoms with Crippen molar-refractivity contribution in [2.24, 2.45) is 0 Å². The molecule has 8 aromatic rings. The summed E-state index contributed by atoms with van der Waals surface area (Å²) in [4.78, 5) is 4.89. The maximum atomic E-state index is 14.7. The van der Waals surface area contributed by atoms with E-state index in [-0.39, 0.29) is 33.5 Å². The second kappa shape index (κ2) is 12.4. The minimum atomic E-state index is -0.191. The second-order valence-electron chi connectivity index (χ2n) is 19.4. The fourth-order valence-electron chi connectivity index (χ4n) is 13.0. The first-order chi connectivity index (χ1) is 29.0. The van der Waals surface area contributed by atoms with Crippen molar-refractivity contribution >= 4 is 55.1 Å². The van der Waals surface area contributed by atoms with E-state index in [0.717, 1.165) is 37.1 Å². The van der Waals surface area contributed by atoms with Crippen LogP contribution in [0.25, 0.3) is 54.6 Å². The van der Waals surface area contributed by atoms with E-state index in [0.29, 0.717) is 0 Å². The predicted octanol–water partition coefficient (Wildman–Crippen LogP) is 15.7. The van der Waals surface area contributed by atoms with Crippen LogP contribution in [-0.4, -0.2) is 11.1 Å². The molecule has 298 valence electrons. The molecule has 0 amide bonds. The summed E-state index contributed by atoms with van der Waals surface area (Å²) in [6, 6.07) is 47.1. The number of halogens is 2. The summed E-state index contributed by atoms with van der Waals surface area (Å²) in [6.07, 6.45) is 9.15. The minimum absolute atomic E-state index is 0.0515. The molecule has 4 unspecified atom stereocenters. The molecule has 0 spiro atoms. The van der Waals surface area contributed by atoms with Gasteiger partial charge < -0.3 is 9.80 Å². The van der Waals surface area contributed by atoms with Crippen LogP contribution in [0.15, 0.2) is 133 Å². The third-order valence-electron chi connectivity index (χ3n) is 16.5. The molecule has 0 bridgehead atoms. The molecule has 4 aliphatic rings. The average molecular weight is 789 g/mol. The fourth-order valence-corrected chi connectivity index (χ4v) is 13.0. The molecular formula is C56H50F2N2. The van der Waals surface area contributed by atoms with Gasteiger partial charge >= 0.3 is 0 Å². The second-order valence-corrected chi connectivity index (χ2v) is 19.4. The summed E-state index contributed by atoms with van der Waals surface area (Å²) in [7, 11) is 0. The summed E-state index contributed by atoms with van der Waals surface area (Å²) in [5, 5.41) is 7.64. The lowest BCUT2D eigenvalue weighted by molar-refractivity contribution is 0.195. The number of fused-ring (bicyclic) bond motifs is 6. The third kappa shape index (κ3) is 4.74. The Bertz CT molecular complexity index is 2800. The lowest BCUT2D eigenvalue weighted by atomic mass is 9.61. The zero-order valence-corrected chi connectivity index (χ0v) is 35.0. The molecule has 0 aromatic heterocycles. The fraction of sp³-hybridized carbons (Fsp3) is 0.286. The van der Waals surface area contributed by atoms with Gasteiger partial charge in [0.05, 0.1) is 11.1 Å². The Morgan fingerprint density at radius 3 is 1.17 bits per heavy atom. The molecule has 12 rings (SSSR count). The Morgan fingerprint density at radius 1 is 0.400 bits per heavy atom. The molecule has 2 aliphatic carbocycles. The van der Waals surface area contributed by atoms with Gasteiger partial charge in [-0.3, -0.25) is 0 Å². The molecule has 0 radical (unpaired) electrons. The van der Waals surface area contributed by atoms with Gasteiger partial charge in [0.1, 0.15) is 11.6 Å². The Balaban J connectivity index is 0.946. The zero-order chi connectivity index (χ0) is 40.8. The van der Waals surface area contributed by atoms with Crippen molar-refractivity contribution in [2.75, 3.05) is 9.80 Å². The van der Waals surface area contributed by atoms with Gasteiger partial charge in [0.25, 0.3) is 0 Å². The SMILES string of the molecule is CC12CCCCC1(C)N(c1cccc(F)c1)c1ccc(-c3cc4ccc5cc(-c6ccc7c(c6)C6(C)CCCCC6(C)N7c6cccc(F)c6)cc6ccc(c3)c4c56)cc12. The van der Waals surface area contributed by atoms with Crippen molar-refractivity contribution in [3.8, 4) is 22.3 Å². The minimum Gasteiger partial charge on any atom is -0.334 e. The van der Waals surface area contributed by atoms with E-state index in [9.17, 15) is 8.78 Å². The van der Waals surface area contributed by atoms with E-state index in [1.165, 1.54) is 103 Å². The highest BCUT2D eigenvalue weighted by molar-refractivity contribution is 6.24. The summed E-state index contributed by atoms with van der Waals surface area (Å²) in [5.41, 5.74) is 11.6. The molecule has 60 heavy (non-hydrogen) atoms. The third-order valence-corrected chi connectivity index (χ3v) is 16.5. The lowest BCUT2D eigenvalue weighted by Crippen LogP contribution is -2.54. The van der Waals surface area contributed by atoms with Gasteiger partial charge in [0.15, 0.2) is 0 Å². The molecule has 2 heterocycles. The van der Waals surface area contributed by atoms with Crippen molar-refractivity contribution in [1.82, 2.24) is 0 Å². The molecule has 0 N–H and O–H groups in total. The quantitative estimate of drug-likeness (QED) is 0.164. The van der Waals surface area contributed by atoms with E-state index in [1.807, 2.05) is 12.1 Å². The summed E-state index contributed by atoms with van der Waals surface area (Å²) in [5.74, 6) is -0.382. The van der Waals surface area contributed by atoms with Gasteiger partial charge in [-0.25, -0.2) is 8.78 Å². The van der Waals surface area contributed by atoms with Gasteiger partial charge in [-0.05, 0) is 190 Å². The highest BCUT2D eigenvalue weighted by Crippen LogP contribution is 2.63. The van der Waals surface area contributed by atoms with E-state index >= 15 is 0 Å². The van der Waals surface area contributed by atoms with Crippen LogP contribution >= 0.6 is 0 Å². The van der Waals surface area contributed by atoms with Crippen LogP contribution in [0.3, 0.4) is 0 Å². The molecule has 8 aromatic carbocycles. The van der Waals surface area contributed by atoms with Crippen molar-refractivity contribution in [1.29, 1.82) is 0 Å². The maximum Gasteiger partial charge on any atom is 0.125 e.